The van der Waals surface area contributed by atoms with Crippen molar-refractivity contribution in [1.82, 2.24) is 0 Å². The van der Waals surface area contributed by atoms with Crippen LogP contribution in [0.25, 0.3) is 10.4 Å². The number of azide groups is 1. The molecule has 0 aromatic heterocycles. The van der Waals surface area contributed by atoms with Crippen LogP contribution in [0.4, 0.5) is 0 Å². The summed E-state index contributed by atoms with van der Waals surface area (Å²) in [7, 11) is 0. The van der Waals surface area contributed by atoms with Crippen molar-refractivity contribution >= 4 is 5.97 Å². The Morgan fingerprint density at radius 2 is 1.64 bits per heavy atom. The fraction of sp³-hybridized carbons (Fsp3) is 0.759. The highest BCUT2D eigenvalue weighted by Gasteiger charge is 2.57. The highest BCUT2D eigenvalue weighted by Crippen LogP contribution is 2.40. The summed E-state index contributed by atoms with van der Waals surface area (Å²) >= 11 is 0. The SMILES string of the molecule is CCCCOC1[C@@H]2OC(c3ccccc3)OCC2O[C@@H](O[C@@H]2C3CO[C@H](O3)[C@@H](N=[N+]=[N-])C2OC(C)=O)[C@H]1OCCCC. The molecule has 0 radical (unpaired) electrons. The molecule has 1 aromatic carbocycles. The summed E-state index contributed by atoms with van der Waals surface area (Å²) in [6.07, 6.45) is -3.42. The first-order valence-corrected chi connectivity index (χ1v) is 14.9. The first kappa shape index (κ1) is 31.1. The summed E-state index contributed by atoms with van der Waals surface area (Å²) in [5.41, 5.74) is 10.1. The highest BCUT2D eigenvalue weighted by molar-refractivity contribution is 5.66. The van der Waals surface area contributed by atoms with Crippen LogP contribution in [0, 0.1) is 0 Å². The number of unbranched alkanes of at least 4 members (excludes halogenated alkanes) is 2. The lowest BCUT2D eigenvalue weighted by Gasteiger charge is -2.50. The van der Waals surface area contributed by atoms with Gasteiger partial charge in [-0.3, -0.25) is 4.79 Å². The van der Waals surface area contributed by atoms with Crippen LogP contribution in [0.5, 0.6) is 0 Å². The van der Waals surface area contributed by atoms with Crippen LogP contribution in [-0.4, -0.2) is 93.7 Å². The van der Waals surface area contributed by atoms with Crippen LogP contribution < -0.4 is 0 Å². The van der Waals surface area contributed by atoms with E-state index < -0.39 is 73.6 Å². The van der Waals surface area contributed by atoms with E-state index in [1.807, 2.05) is 30.3 Å². The summed E-state index contributed by atoms with van der Waals surface area (Å²) in [6, 6.07) is 8.79. The molecule has 11 atom stereocenters. The molecule has 1 aromatic rings. The molecule has 0 N–H and O–H groups in total. The van der Waals surface area contributed by atoms with Gasteiger partial charge in [0.05, 0.1) is 13.2 Å². The zero-order valence-electron chi connectivity index (χ0n) is 24.3. The minimum atomic E-state index is -0.956. The van der Waals surface area contributed by atoms with E-state index in [0.717, 1.165) is 31.2 Å². The maximum absolute atomic E-state index is 12.1. The largest absolute Gasteiger partial charge is 0.459 e. The predicted molar refractivity (Wildman–Crippen MR) is 146 cm³/mol. The van der Waals surface area contributed by atoms with E-state index in [1.165, 1.54) is 6.92 Å². The van der Waals surface area contributed by atoms with Crippen molar-refractivity contribution in [3.63, 3.8) is 0 Å². The Morgan fingerprint density at radius 3 is 2.33 bits per heavy atom. The van der Waals surface area contributed by atoms with Crippen LogP contribution in [0.2, 0.25) is 0 Å². The van der Waals surface area contributed by atoms with Gasteiger partial charge < -0.3 is 42.6 Å². The van der Waals surface area contributed by atoms with Crippen LogP contribution >= 0.6 is 0 Å². The van der Waals surface area contributed by atoms with Gasteiger partial charge in [0, 0.05) is 30.6 Å². The molecule has 4 aliphatic heterocycles. The normalized spacial score (nSPS) is 37.5. The molecule has 4 heterocycles. The molecule has 0 amide bonds. The van der Waals surface area contributed by atoms with Gasteiger partial charge in [-0.15, -0.1) is 0 Å². The van der Waals surface area contributed by atoms with E-state index in [4.69, 9.17) is 42.6 Å². The van der Waals surface area contributed by atoms with Gasteiger partial charge in [-0.25, -0.2) is 0 Å². The third-order valence-electron chi connectivity index (χ3n) is 7.79. The number of hydrogen-bond acceptors (Lipinski definition) is 11. The standard InChI is InChI=1S/C29H41N3O10/c1-4-6-13-34-25-23-20(15-36-27(41-23)18-11-9-8-10-12-18)40-29(26(25)35-14-7-5-2)42-22-19-16-37-28(39-19)21(31-32-30)24(22)38-17(3)33/h8-12,19-29H,4-7,13-16H2,1-3H3/t19?,20?,21-,22+,23+,24?,25?,26-,27?,28+,29-/m0/s1. The second kappa shape index (κ2) is 14.9. The summed E-state index contributed by atoms with van der Waals surface area (Å²) in [4.78, 5) is 15.0. The summed E-state index contributed by atoms with van der Waals surface area (Å²) in [5, 5.41) is 3.82. The molecular weight excluding hydrogens is 550 g/mol. The maximum atomic E-state index is 12.1. The maximum Gasteiger partial charge on any atom is 0.303 e. The molecule has 232 valence electrons. The number of fused-ring (bicyclic) bond motifs is 3. The molecule has 0 spiro atoms. The first-order chi connectivity index (χ1) is 20.5. The molecule has 13 nitrogen and oxygen atoms in total. The molecule has 4 aliphatic rings. The molecule has 42 heavy (non-hydrogen) atoms. The van der Waals surface area contributed by atoms with Gasteiger partial charge in [-0.1, -0.05) is 62.1 Å². The molecule has 0 aliphatic carbocycles. The van der Waals surface area contributed by atoms with E-state index in [0.29, 0.717) is 13.2 Å². The Hall–Kier alpha value is -2.32. The third kappa shape index (κ3) is 7.07. The van der Waals surface area contributed by atoms with Crippen molar-refractivity contribution in [2.45, 2.75) is 114 Å². The highest BCUT2D eigenvalue weighted by atomic mass is 16.8. The number of ether oxygens (including phenoxy) is 9. The fourth-order valence-corrected chi connectivity index (χ4v) is 5.71. The van der Waals surface area contributed by atoms with Crippen LogP contribution in [0.1, 0.15) is 58.3 Å². The second-order valence-electron chi connectivity index (χ2n) is 10.8. The number of esters is 1. The van der Waals surface area contributed by atoms with Gasteiger partial charge in [0.1, 0.15) is 48.8 Å². The van der Waals surface area contributed by atoms with E-state index in [2.05, 4.69) is 23.9 Å². The van der Waals surface area contributed by atoms with Gasteiger partial charge in [0.2, 0.25) is 0 Å². The zero-order chi connectivity index (χ0) is 29.5. The van der Waals surface area contributed by atoms with Gasteiger partial charge in [-0.05, 0) is 18.4 Å². The lowest BCUT2D eigenvalue weighted by Crippen LogP contribution is -2.66. The van der Waals surface area contributed by atoms with Gasteiger partial charge >= 0.3 is 5.97 Å². The molecule has 2 bridgehead atoms. The van der Waals surface area contributed by atoms with Crippen LogP contribution in [0.15, 0.2) is 35.4 Å². The van der Waals surface area contributed by atoms with E-state index in [1.54, 1.807) is 0 Å². The van der Waals surface area contributed by atoms with E-state index in [9.17, 15) is 10.3 Å². The summed E-state index contributed by atoms with van der Waals surface area (Å²) < 4.78 is 55.9. The molecule has 5 unspecified atom stereocenters. The van der Waals surface area contributed by atoms with E-state index >= 15 is 0 Å². The Labute approximate surface area is 245 Å². The van der Waals surface area contributed by atoms with E-state index in [-0.39, 0.29) is 13.2 Å². The minimum Gasteiger partial charge on any atom is -0.459 e. The number of hydrogen-bond donors (Lipinski definition) is 0. The van der Waals surface area contributed by atoms with Crippen molar-refractivity contribution in [3.8, 4) is 0 Å². The zero-order valence-corrected chi connectivity index (χ0v) is 24.3. The lowest BCUT2D eigenvalue weighted by molar-refractivity contribution is -0.382. The Morgan fingerprint density at radius 1 is 0.929 bits per heavy atom. The van der Waals surface area contributed by atoms with Crippen molar-refractivity contribution in [3.05, 3.63) is 46.3 Å². The van der Waals surface area contributed by atoms with Crippen molar-refractivity contribution < 1.29 is 47.4 Å². The number of rotatable bonds is 13. The first-order valence-electron chi connectivity index (χ1n) is 14.9. The molecule has 0 saturated carbocycles. The molecule has 4 saturated heterocycles. The predicted octanol–water partition coefficient (Wildman–Crippen LogP) is 3.95. The topological polar surface area (TPSA) is 149 Å². The van der Waals surface area contributed by atoms with Gasteiger partial charge in [0.15, 0.2) is 18.9 Å². The summed E-state index contributed by atoms with van der Waals surface area (Å²) in [5.74, 6) is -0.546. The third-order valence-corrected chi connectivity index (χ3v) is 7.79. The smallest absolute Gasteiger partial charge is 0.303 e. The Bertz CT molecular complexity index is 1060. The van der Waals surface area contributed by atoms with Crippen molar-refractivity contribution in [2.75, 3.05) is 26.4 Å². The van der Waals surface area contributed by atoms with Crippen LogP contribution in [-0.2, 0) is 47.4 Å². The average molecular weight is 592 g/mol. The number of carbonyl (C=O) groups excluding carboxylic acids is 1. The van der Waals surface area contributed by atoms with Crippen LogP contribution in [0.3, 0.4) is 0 Å². The number of nitrogens with zero attached hydrogens (tertiary/aromatic N) is 3. The minimum absolute atomic E-state index is 0.173. The second-order valence-corrected chi connectivity index (χ2v) is 10.8. The monoisotopic (exact) mass is 591 g/mol. The van der Waals surface area contributed by atoms with Gasteiger partial charge in [-0.2, -0.15) is 0 Å². The van der Waals surface area contributed by atoms with Crippen molar-refractivity contribution in [1.29, 1.82) is 0 Å². The lowest BCUT2D eigenvalue weighted by atomic mass is 9.95. The molecule has 5 rings (SSSR count). The Balaban J connectivity index is 1.43. The number of carbonyl (C=O) groups is 1. The van der Waals surface area contributed by atoms with Gasteiger partial charge in [0.25, 0.3) is 0 Å². The average Bonchev–Trinajstić information content (AvgIpc) is 3.44. The van der Waals surface area contributed by atoms with Crippen molar-refractivity contribution in [2.24, 2.45) is 5.11 Å². The quantitative estimate of drug-likeness (QED) is 0.109. The summed E-state index contributed by atoms with van der Waals surface area (Å²) in [6.45, 7) is 6.85. The molecular formula is C29H41N3O10. The molecule has 4 fully saturated rings. The number of benzene rings is 1. The Kier molecular flexibility index (Phi) is 11.0. The fourth-order valence-electron chi connectivity index (χ4n) is 5.71. The molecule has 13 heteroatoms.